The van der Waals surface area contributed by atoms with Crippen molar-refractivity contribution in [3.05, 3.63) is 30.3 Å². The van der Waals surface area contributed by atoms with E-state index in [4.69, 9.17) is 0 Å². The van der Waals surface area contributed by atoms with Crippen LogP contribution in [0.1, 0.15) is 27.7 Å². The summed E-state index contributed by atoms with van der Waals surface area (Å²) in [4.78, 5) is 0. The van der Waals surface area contributed by atoms with Crippen molar-refractivity contribution in [2.24, 2.45) is 0 Å². The minimum atomic E-state index is -0.390. The Balaban J connectivity index is 3.08. The van der Waals surface area contributed by atoms with Gasteiger partial charge in [0.25, 0.3) is 0 Å². The Morgan fingerprint density at radius 1 is 0.882 bits per heavy atom. The summed E-state index contributed by atoms with van der Waals surface area (Å²) in [5.41, 5.74) is 0. The molecule has 0 heterocycles. The predicted octanol–water partition coefficient (Wildman–Crippen LogP) is 3.30. The fraction of sp³-hybridized carbons (Fsp3) is 0.571. The first-order chi connectivity index (χ1) is 7.95. The van der Waals surface area contributed by atoms with Crippen LogP contribution in [0.15, 0.2) is 30.3 Å². The SMILES string of the molecule is CC(C)N(C(C)C)P(c1ccccc1)N(C)C. The molecule has 1 rings (SSSR count). The summed E-state index contributed by atoms with van der Waals surface area (Å²) in [5.74, 6) is 0. The van der Waals surface area contributed by atoms with Crippen molar-refractivity contribution in [1.82, 2.24) is 9.34 Å². The molecular weight excluding hydrogens is 227 g/mol. The molecule has 3 heteroatoms. The van der Waals surface area contributed by atoms with Gasteiger partial charge in [-0.05, 0) is 41.8 Å². The lowest BCUT2D eigenvalue weighted by molar-refractivity contribution is 0.311. The molecule has 0 radical (unpaired) electrons. The topological polar surface area (TPSA) is 6.48 Å². The summed E-state index contributed by atoms with van der Waals surface area (Å²) >= 11 is 0. The van der Waals surface area contributed by atoms with Gasteiger partial charge in [-0.15, -0.1) is 0 Å². The third kappa shape index (κ3) is 3.77. The monoisotopic (exact) mass is 252 g/mol. The van der Waals surface area contributed by atoms with Crippen LogP contribution in [0, 0.1) is 0 Å². The molecule has 96 valence electrons. The molecule has 0 aromatic heterocycles. The number of hydrogen-bond acceptors (Lipinski definition) is 2. The van der Waals surface area contributed by atoms with E-state index in [0.717, 1.165) is 0 Å². The highest BCUT2D eigenvalue weighted by atomic mass is 31.1. The van der Waals surface area contributed by atoms with Crippen LogP contribution >= 0.6 is 8.22 Å². The lowest BCUT2D eigenvalue weighted by atomic mass is 10.3. The fourth-order valence-corrected chi connectivity index (χ4v) is 4.62. The van der Waals surface area contributed by atoms with Crippen molar-refractivity contribution in [3.63, 3.8) is 0 Å². The van der Waals surface area contributed by atoms with E-state index in [9.17, 15) is 0 Å². The predicted molar refractivity (Wildman–Crippen MR) is 78.8 cm³/mol. The molecule has 0 N–H and O–H groups in total. The molecule has 1 aromatic carbocycles. The molecule has 0 amide bonds. The van der Waals surface area contributed by atoms with E-state index < -0.39 is 8.22 Å². The third-order valence-corrected chi connectivity index (χ3v) is 5.52. The molecule has 0 aliphatic heterocycles. The van der Waals surface area contributed by atoms with E-state index in [2.05, 4.69) is 81.5 Å². The van der Waals surface area contributed by atoms with Crippen molar-refractivity contribution in [1.29, 1.82) is 0 Å². The highest BCUT2D eigenvalue weighted by Gasteiger charge is 2.27. The van der Waals surface area contributed by atoms with Crippen molar-refractivity contribution in [3.8, 4) is 0 Å². The van der Waals surface area contributed by atoms with Gasteiger partial charge in [-0.3, -0.25) is 9.34 Å². The minimum Gasteiger partial charge on any atom is -0.272 e. The van der Waals surface area contributed by atoms with Crippen LogP contribution in [0.2, 0.25) is 0 Å². The lowest BCUT2D eigenvalue weighted by Crippen LogP contribution is -2.39. The quantitative estimate of drug-likeness (QED) is 0.742. The molecule has 1 unspecified atom stereocenters. The zero-order valence-electron chi connectivity index (χ0n) is 11.9. The van der Waals surface area contributed by atoms with Crippen molar-refractivity contribution in [2.75, 3.05) is 14.1 Å². The maximum absolute atomic E-state index is 2.60. The van der Waals surface area contributed by atoms with Crippen molar-refractivity contribution in [2.45, 2.75) is 39.8 Å². The van der Waals surface area contributed by atoms with Crippen LogP contribution in [0.4, 0.5) is 0 Å². The van der Waals surface area contributed by atoms with E-state index >= 15 is 0 Å². The van der Waals surface area contributed by atoms with E-state index in [-0.39, 0.29) is 0 Å². The van der Waals surface area contributed by atoms with Gasteiger partial charge in [0.1, 0.15) is 0 Å². The highest BCUT2D eigenvalue weighted by molar-refractivity contribution is 7.61. The number of benzene rings is 1. The molecule has 0 fully saturated rings. The molecule has 0 saturated heterocycles. The standard InChI is InChI=1S/C14H25N2P/c1-12(2)16(13(3)4)17(15(5)6)14-10-8-7-9-11-14/h7-13H,1-6H3. The van der Waals surface area contributed by atoms with Crippen LogP contribution in [0.25, 0.3) is 0 Å². The summed E-state index contributed by atoms with van der Waals surface area (Å²) in [6, 6.07) is 11.9. The molecule has 0 saturated carbocycles. The molecule has 17 heavy (non-hydrogen) atoms. The average molecular weight is 252 g/mol. The van der Waals surface area contributed by atoms with Gasteiger partial charge < -0.3 is 0 Å². The maximum Gasteiger partial charge on any atom is 0.0724 e. The van der Waals surface area contributed by atoms with Crippen LogP contribution in [0.3, 0.4) is 0 Å². The Bertz CT molecular complexity index is 314. The maximum atomic E-state index is 2.60. The Labute approximate surface area is 107 Å². The third-order valence-electron chi connectivity index (χ3n) is 2.64. The van der Waals surface area contributed by atoms with Crippen LogP contribution < -0.4 is 5.30 Å². The van der Waals surface area contributed by atoms with Gasteiger partial charge >= 0.3 is 0 Å². The Hall–Kier alpha value is -0.430. The van der Waals surface area contributed by atoms with Crippen LogP contribution in [0.5, 0.6) is 0 Å². The molecule has 0 aliphatic carbocycles. The van der Waals surface area contributed by atoms with Gasteiger partial charge in [-0.25, -0.2) is 0 Å². The van der Waals surface area contributed by atoms with E-state index in [1.807, 2.05) is 0 Å². The number of rotatable bonds is 5. The number of nitrogens with zero attached hydrogens (tertiary/aromatic N) is 2. The summed E-state index contributed by atoms with van der Waals surface area (Å²) in [6.45, 7) is 9.12. The first-order valence-electron chi connectivity index (χ1n) is 6.25. The molecule has 0 aliphatic rings. The molecule has 2 nitrogen and oxygen atoms in total. The molecular formula is C14H25N2P. The summed E-state index contributed by atoms with van der Waals surface area (Å²) in [5, 5.41) is 1.43. The Morgan fingerprint density at radius 3 is 1.71 bits per heavy atom. The van der Waals surface area contributed by atoms with E-state index in [1.54, 1.807) is 0 Å². The second-order valence-corrected chi connectivity index (χ2v) is 7.40. The molecule has 0 spiro atoms. The zero-order chi connectivity index (χ0) is 13.0. The van der Waals surface area contributed by atoms with Gasteiger partial charge in [-0.2, -0.15) is 0 Å². The first kappa shape index (κ1) is 14.6. The normalized spacial score (nSPS) is 14.0. The molecule has 1 aromatic rings. The highest BCUT2D eigenvalue weighted by Crippen LogP contribution is 2.44. The largest absolute Gasteiger partial charge is 0.272 e. The second-order valence-electron chi connectivity index (χ2n) is 5.04. The van der Waals surface area contributed by atoms with Gasteiger partial charge in [-0.1, -0.05) is 30.3 Å². The Kier molecular flexibility index (Phi) is 5.58. The van der Waals surface area contributed by atoms with Crippen molar-refractivity contribution < 1.29 is 0 Å². The number of hydrogen-bond donors (Lipinski definition) is 0. The van der Waals surface area contributed by atoms with Gasteiger partial charge in [0, 0.05) is 17.4 Å². The molecule has 0 bridgehead atoms. The average Bonchev–Trinajstić information content (AvgIpc) is 2.25. The smallest absolute Gasteiger partial charge is 0.0724 e. The van der Waals surface area contributed by atoms with Gasteiger partial charge in [0.05, 0.1) is 8.22 Å². The summed E-state index contributed by atoms with van der Waals surface area (Å²) < 4.78 is 4.95. The molecule has 1 atom stereocenters. The van der Waals surface area contributed by atoms with E-state index in [1.165, 1.54) is 5.30 Å². The summed E-state index contributed by atoms with van der Waals surface area (Å²) in [7, 11) is 3.96. The van der Waals surface area contributed by atoms with E-state index in [0.29, 0.717) is 12.1 Å². The van der Waals surface area contributed by atoms with Crippen LogP contribution in [-0.4, -0.2) is 35.5 Å². The fourth-order valence-electron chi connectivity index (χ4n) is 2.17. The van der Waals surface area contributed by atoms with Crippen molar-refractivity contribution >= 4 is 13.5 Å². The van der Waals surface area contributed by atoms with Gasteiger partial charge in [0.2, 0.25) is 0 Å². The second kappa shape index (κ2) is 6.49. The first-order valence-corrected chi connectivity index (χ1v) is 7.50. The van der Waals surface area contributed by atoms with Gasteiger partial charge in [0.15, 0.2) is 0 Å². The Morgan fingerprint density at radius 2 is 1.35 bits per heavy atom. The zero-order valence-corrected chi connectivity index (χ0v) is 12.8. The summed E-state index contributed by atoms with van der Waals surface area (Å²) in [6.07, 6.45) is 0. The minimum absolute atomic E-state index is 0.390. The lowest BCUT2D eigenvalue weighted by Gasteiger charge is -2.41. The van der Waals surface area contributed by atoms with Crippen LogP contribution in [-0.2, 0) is 0 Å².